The van der Waals surface area contributed by atoms with Gasteiger partial charge in [-0.1, -0.05) is 0 Å². The van der Waals surface area contributed by atoms with Crippen LogP contribution in [0.5, 0.6) is 0 Å². The van der Waals surface area contributed by atoms with Crippen LogP contribution in [0.15, 0.2) is 30.9 Å². The van der Waals surface area contributed by atoms with Crippen molar-refractivity contribution in [2.45, 2.75) is 19.9 Å². The van der Waals surface area contributed by atoms with Gasteiger partial charge >= 0.3 is 0 Å². The number of imidazole rings is 1. The van der Waals surface area contributed by atoms with E-state index in [1.54, 1.807) is 12.3 Å². The van der Waals surface area contributed by atoms with Gasteiger partial charge in [-0.2, -0.15) is 0 Å². The van der Waals surface area contributed by atoms with Crippen molar-refractivity contribution in [3.05, 3.63) is 30.9 Å². The zero-order valence-corrected chi connectivity index (χ0v) is 9.72. The monoisotopic (exact) mass is 226 g/mol. The van der Waals surface area contributed by atoms with Gasteiger partial charge in [0.05, 0.1) is 18.2 Å². The largest absolute Gasteiger partial charge is 0.384 e. The zero-order valence-electron chi connectivity index (χ0n) is 9.72. The first-order valence-corrected chi connectivity index (χ1v) is 5.43. The molecule has 0 spiro atoms. The van der Waals surface area contributed by atoms with Gasteiger partial charge in [-0.25, -0.2) is 9.97 Å². The molecule has 0 aliphatic rings. The first kappa shape index (κ1) is 11.2. The van der Waals surface area contributed by atoms with Crippen LogP contribution in [0.4, 0.5) is 5.82 Å². The molecule has 17 heavy (non-hydrogen) atoms. The van der Waals surface area contributed by atoms with Crippen molar-refractivity contribution in [3.8, 4) is 23.1 Å². The summed E-state index contributed by atoms with van der Waals surface area (Å²) in [5.74, 6) is 6.45. The molecular weight excluding hydrogens is 212 g/mol. The van der Waals surface area contributed by atoms with E-state index < -0.39 is 0 Å². The molecule has 0 radical (unpaired) electrons. The Morgan fingerprint density at radius 2 is 2.24 bits per heavy atom. The third kappa shape index (κ3) is 2.64. The zero-order chi connectivity index (χ0) is 12.1. The number of hydrogen-bond donors (Lipinski definition) is 1. The number of rotatable bonds is 3. The number of aromatic nitrogens is 3. The second-order valence-corrected chi connectivity index (χ2v) is 3.62. The molecule has 0 aliphatic heterocycles. The first-order valence-electron chi connectivity index (χ1n) is 5.43. The molecule has 2 rings (SSSR count). The van der Waals surface area contributed by atoms with E-state index in [1.807, 2.05) is 25.5 Å². The fraction of sp³-hybridized carbons (Fsp3) is 0.231. The summed E-state index contributed by atoms with van der Waals surface area (Å²) in [6.07, 6.45) is 6.21. The number of hydrogen-bond acceptors (Lipinski definition) is 3. The summed E-state index contributed by atoms with van der Waals surface area (Å²) < 4.78 is 2.07. The number of anilines is 1. The highest BCUT2D eigenvalue weighted by Gasteiger charge is 2.04. The lowest BCUT2D eigenvalue weighted by atomic mass is 10.2. The predicted molar refractivity (Wildman–Crippen MR) is 67.9 cm³/mol. The minimum Gasteiger partial charge on any atom is -0.384 e. The van der Waals surface area contributed by atoms with Crippen molar-refractivity contribution >= 4 is 5.82 Å². The predicted octanol–water partition coefficient (Wildman–Crippen LogP) is 1.94. The lowest BCUT2D eigenvalue weighted by molar-refractivity contribution is 0.724. The second kappa shape index (κ2) is 5.17. The summed E-state index contributed by atoms with van der Waals surface area (Å²) in [6, 6.07) is 3.74. The van der Waals surface area contributed by atoms with Crippen LogP contribution in [0.25, 0.3) is 11.3 Å². The maximum absolute atomic E-state index is 5.56. The highest BCUT2D eigenvalue weighted by Crippen LogP contribution is 2.18. The van der Waals surface area contributed by atoms with E-state index in [0.29, 0.717) is 5.82 Å². The molecule has 0 atom stereocenters. The van der Waals surface area contributed by atoms with Crippen molar-refractivity contribution in [2.75, 3.05) is 5.73 Å². The third-order valence-corrected chi connectivity index (χ3v) is 2.45. The van der Waals surface area contributed by atoms with Gasteiger partial charge < -0.3 is 10.3 Å². The van der Waals surface area contributed by atoms with Crippen LogP contribution < -0.4 is 5.73 Å². The highest BCUT2D eigenvalue weighted by molar-refractivity contribution is 5.59. The molecule has 4 heteroatoms. The molecule has 0 saturated heterocycles. The molecule has 0 aliphatic carbocycles. The summed E-state index contributed by atoms with van der Waals surface area (Å²) in [5, 5.41) is 0. The second-order valence-electron chi connectivity index (χ2n) is 3.62. The molecular formula is C13H14N4. The molecule has 0 aromatic carbocycles. The quantitative estimate of drug-likeness (QED) is 0.814. The molecule has 2 heterocycles. The molecule has 2 N–H and O–H groups in total. The Morgan fingerprint density at radius 3 is 2.94 bits per heavy atom. The Labute approximate surface area is 101 Å². The average Bonchev–Trinajstić information content (AvgIpc) is 2.79. The van der Waals surface area contributed by atoms with Gasteiger partial charge in [0.2, 0.25) is 0 Å². The minimum absolute atomic E-state index is 0.525. The van der Waals surface area contributed by atoms with Gasteiger partial charge in [-0.3, -0.25) is 0 Å². The van der Waals surface area contributed by atoms with Crippen molar-refractivity contribution in [1.29, 1.82) is 0 Å². The van der Waals surface area contributed by atoms with E-state index >= 15 is 0 Å². The van der Waals surface area contributed by atoms with Crippen molar-refractivity contribution in [3.63, 3.8) is 0 Å². The van der Waals surface area contributed by atoms with Crippen LogP contribution in [0.2, 0.25) is 0 Å². The number of nitrogen functional groups attached to an aromatic ring is 1. The molecule has 0 unspecified atom stereocenters. The van der Waals surface area contributed by atoms with E-state index in [4.69, 9.17) is 5.73 Å². The number of nitrogens with two attached hydrogens (primary N) is 1. The molecule has 0 bridgehead atoms. The van der Waals surface area contributed by atoms with Gasteiger partial charge in [0, 0.05) is 24.7 Å². The molecule has 2 aromatic heterocycles. The smallest absolute Gasteiger partial charge is 0.123 e. The van der Waals surface area contributed by atoms with Gasteiger partial charge in [-0.15, -0.1) is 11.8 Å². The van der Waals surface area contributed by atoms with Gasteiger partial charge in [-0.05, 0) is 19.1 Å². The summed E-state index contributed by atoms with van der Waals surface area (Å²) in [5.41, 5.74) is 7.62. The lowest BCUT2D eigenvalue weighted by Gasteiger charge is -2.05. The number of aryl methyl sites for hydroxylation is 1. The van der Waals surface area contributed by atoms with Crippen molar-refractivity contribution in [1.82, 2.24) is 14.5 Å². The average molecular weight is 226 g/mol. The topological polar surface area (TPSA) is 56.7 Å². The molecule has 86 valence electrons. The maximum Gasteiger partial charge on any atom is 0.123 e. The standard InChI is InChI=1S/C13H14N4/c1-2-3-4-7-17-10-15-9-12(17)11-5-6-13(14)16-8-11/h5-6,8-10H,4,7H2,1H3,(H2,14,16). The molecule has 0 amide bonds. The fourth-order valence-electron chi connectivity index (χ4n) is 1.60. The Balaban J connectivity index is 2.23. The molecule has 2 aromatic rings. The van der Waals surface area contributed by atoms with E-state index in [9.17, 15) is 0 Å². The Kier molecular flexibility index (Phi) is 3.41. The van der Waals surface area contributed by atoms with Crippen LogP contribution in [-0.2, 0) is 6.54 Å². The van der Waals surface area contributed by atoms with Crippen molar-refractivity contribution in [2.24, 2.45) is 0 Å². The molecule has 0 saturated carbocycles. The van der Waals surface area contributed by atoms with Gasteiger partial charge in [0.1, 0.15) is 5.82 Å². The summed E-state index contributed by atoms with van der Waals surface area (Å²) in [4.78, 5) is 8.24. The summed E-state index contributed by atoms with van der Waals surface area (Å²) in [7, 11) is 0. The number of nitrogens with zero attached hydrogens (tertiary/aromatic N) is 3. The Bertz CT molecular complexity index is 543. The van der Waals surface area contributed by atoms with E-state index in [-0.39, 0.29) is 0 Å². The van der Waals surface area contributed by atoms with Gasteiger partial charge in [0.15, 0.2) is 0 Å². The first-order chi connectivity index (χ1) is 8.31. The Morgan fingerprint density at radius 1 is 1.35 bits per heavy atom. The van der Waals surface area contributed by atoms with E-state index in [2.05, 4.69) is 26.4 Å². The van der Waals surface area contributed by atoms with Crippen LogP contribution >= 0.6 is 0 Å². The van der Waals surface area contributed by atoms with E-state index in [0.717, 1.165) is 24.2 Å². The van der Waals surface area contributed by atoms with E-state index in [1.165, 1.54) is 0 Å². The highest BCUT2D eigenvalue weighted by atomic mass is 15.0. The molecule has 4 nitrogen and oxygen atoms in total. The minimum atomic E-state index is 0.525. The van der Waals surface area contributed by atoms with Crippen LogP contribution in [-0.4, -0.2) is 14.5 Å². The van der Waals surface area contributed by atoms with Gasteiger partial charge in [0.25, 0.3) is 0 Å². The summed E-state index contributed by atoms with van der Waals surface area (Å²) >= 11 is 0. The van der Waals surface area contributed by atoms with Crippen LogP contribution in [0, 0.1) is 11.8 Å². The summed E-state index contributed by atoms with van der Waals surface area (Å²) in [6.45, 7) is 2.68. The normalized spacial score (nSPS) is 9.71. The fourth-order valence-corrected chi connectivity index (χ4v) is 1.60. The maximum atomic E-state index is 5.56. The number of pyridine rings is 1. The van der Waals surface area contributed by atoms with Crippen molar-refractivity contribution < 1.29 is 0 Å². The van der Waals surface area contributed by atoms with Crippen LogP contribution in [0.1, 0.15) is 13.3 Å². The molecule has 0 fully saturated rings. The SMILES string of the molecule is CC#CCCn1cncc1-c1ccc(N)nc1. The lowest BCUT2D eigenvalue weighted by Crippen LogP contribution is -1.98. The third-order valence-electron chi connectivity index (χ3n) is 2.45. The Hall–Kier alpha value is -2.28. The van der Waals surface area contributed by atoms with Crippen LogP contribution in [0.3, 0.4) is 0 Å².